The summed E-state index contributed by atoms with van der Waals surface area (Å²) in [4.78, 5) is 56.6. The number of fused-ring (bicyclic) bond motifs is 1. The van der Waals surface area contributed by atoms with Gasteiger partial charge in [-0.25, -0.2) is 19.7 Å². The number of carbonyl (C=O) groups is 3. The lowest BCUT2D eigenvalue weighted by atomic mass is 9.91. The summed E-state index contributed by atoms with van der Waals surface area (Å²) in [5.74, 6) is -0.446. The highest BCUT2D eigenvalue weighted by atomic mass is 16.6. The van der Waals surface area contributed by atoms with Crippen LogP contribution in [-0.2, 0) is 36.9 Å². The van der Waals surface area contributed by atoms with E-state index in [0.717, 1.165) is 17.7 Å². The number of aryl methyl sites for hydroxylation is 1. The molecule has 1 saturated heterocycles. The highest BCUT2D eigenvalue weighted by molar-refractivity contribution is 5.83. The van der Waals surface area contributed by atoms with Gasteiger partial charge in [0.05, 0.1) is 19.4 Å². The lowest BCUT2D eigenvalue weighted by Crippen LogP contribution is -2.45. The molecule has 2 amide bonds. The van der Waals surface area contributed by atoms with Crippen molar-refractivity contribution in [1.82, 2.24) is 55.3 Å². The predicted octanol–water partition coefficient (Wildman–Crippen LogP) is 4.66. The first kappa shape index (κ1) is 42.1. The molecule has 318 valence electrons. The molecule has 4 heterocycles. The van der Waals surface area contributed by atoms with Crippen molar-refractivity contribution in [3.8, 4) is 0 Å². The van der Waals surface area contributed by atoms with E-state index in [1.54, 1.807) is 4.57 Å². The van der Waals surface area contributed by atoms with Gasteiger partial charge in [0.25, 0.3) is 0 Å². The molecule has 3 N–H and O–H groups in total. The van der Waals surface area contributed by atoms with Crippen LogP contribution in [0.1, 0.15) is 101 Å². The van der Waals surface area contributed by atoms with Gasteiger partial charge in [-0.1, -0.05) is 73.5 Å². The minimum absolute atomic E-state index is 0.0133. The van der Waals surface area contributed by atoms with Crippen LogP contribution in [0, 0.1) is 0 Å². The van der Waals surface area contributed by atoms with Gasteiger partial charge >= 0.3 is 18.0 Å². The summed E-state index contributed by atoms with van der Waals surface area (Å²) in [6.45, 7) is 10.9. The maximum absolute atomic E-state index is 13.2. The fourth-order valence-corrected chi connectivity index (χ4v) is 8.18. The average Bonchev–Trinajstić information content (AvgIpc) is 4.07. The van der Waals surface area contributed by atoms with Crippen molar-refractivity contribution in [1.29, 1.82) is 0 Å². The minimum atomic E-state index is -1.16. The summed E-state index contributed by atoms with van der Waals surface area (Å²) < 4.78 is 19.7. The molecule has 1 aliphatic heterocycles. The number of nitrogens with zero attached hydrogens (tertiary/aromatic N) is 9. The van der Waals surface area contributed by atoms with E-state index in [2.05, 4.69) is 74.4 Å². The fourth-order valence-electron chi connectivity index (χ4n) is 8.18. The Kier molecular flexibility index (Phi) is 13.6. The van der Waals surface area contributed by atoms with E-state index in [4.69, 9.17) is 29.2 Å². The molecule has 1 saturated carbocycles. The lowest BCUT2D eigenvalue weighted by molar-refractivity contribution is -0.165. The average molecular weight is 823 g/mol. The zero-order valence-corrected chi connectivity index (χ0v) is 34.7. The van der Waals surface area contributed by atoms with Crippen LogP contribution in [0.2, 0.25) is 0 Å². The number of urea groups is 1. The van der Waals surface area contributed by atoms with Crippen LogP contribution >= 0.6 is 0 Å². The Labute approximate surface area is 348 Å². The first-order valence-corrected chi connectivity index (χ1v) is 20.7. The summed E-state index contributed by atoms with van der Waals surface area (Å²) in [7, 11) is 0. The van der Waals surface area contributed by atoms with Gasteiger partial charge in [0.2, 0.25) is 5.82 Å². The van der Waals surface area contributed by atoms with E-state index in [0.29, 0.717) is 48.7 Å². The van der Waals surface area contributed by atoms with Gasteiger partial charge in [0.1, 0.15) is 0 Å². The summed E-state index contributed by atoms with van der Waals surface area (Å²) in [5, 5.41) is 22.1. The van der Waals surface area contributed by atoms with Crippen LogP contribution in [0.15, 0.2) is 67.0 Å². The fraction of sp³-hybridized carbons (Fsp3) is 0.500. The standard InChI is InChI=1S/C42H54N12O6/c1-6-54-50-39(49-51-54)36-35(58-27(4)55)37(59-28(5)56)41(60-36)53-25-46-34-38(44-23-32(29-15-9-7-10-16-29)30-17-11-8-12-18-30)47-33(48-40(34)53)24-45-42(57)43-21-22-52(26(2)3)31-19-13-14-20-31/h7-12,15-18,25-26,31-32,35-37,41H,6,13-14,19-24H2,1-5H3,(H2,43,45,57)(H,44,47,48)/t35-,36-,37+,41+/m0/s1. The molecular weight excluding hydrogens is 769 g/mol. The second kappa shape index (κ2) is 19.4. The van der Waals surface area contributed by atoms with E-state index in [9.17, 15) is 14.4 Å². The van der Waals surface area contributed by atoms with Crippen LogP contribution in [-0.4, -0.2) is 107 Å². The second-order valence-corrected chi connectivity index (χ2v) is 15.4. The molecule has 2 fully saturated rings. The van der Waals surface area contributed by atoms with Crippen molar-refractivity contribution < 1.29 is 28.6 Å². The van der Waals surface area contributed by atoms with E-state index in [1.165, 1.54) is 50.7 Å². The van der Waals surface area contributed by atoms with E-state index in [1.807, 2.05) is 43.3 Å². The number of rotatable bonds is 17. The number of aromatic nitrogens is 8. The van der Waals surface area contributed by atoms with Crippen molar-refractivity contribution in [2.75, 3.05) is 25.0 Å². The van der Waals surface area contributed by atoms with Crippen molar-refractivity contribution in [2.45, 2.75) is 116 Å². The molecule has 0 radical (unpaired) electrons. The normalized spacial score (nSPS) is 19.3. The molecule has 4 atom stereocenters. The van der Waals surface area contributed by atoms with Crippen LogP contribution in [0.3, 0.4) is 0 Å². The number of benzene rings is 2. The second-order valence-electron chi connectivity index (χ2n) is 15.4. The van der Waals surface area contributed by atoms with Crippen molar-refractivity contribution >= 4 is 35.0 Å². The Morgan fingerprint density at radius 2 is 1.58 bits per heavy atom. The van der Waals surface area contributed by atoms with Crippen molar-refractivity contribution in [3.63, 3.8) is 0 Å². The molecular formula is C42H54N12O6. The van der Waals surface area contributed by atoms with E-state index < -0.39 is 36.5 Å². The molecule has 18 heteroatoms. The first-order valence-electron chi connectivity index (χ1n) is 20.7. The highest BCUT2D eigenvalue weighted by Crippen LogP contribution is 2.42. The molecule has 60 heavy (non-hydrogen) atoms. The van der Waals surface area contributed by atoms with Gasteiger partial charge in [0.15, 0.2) is 47.3 Å². The topological polar surface area (TPSA) is 205 Å². The maximum Gasteiger partial charge on any atom is 0.315 e. The van der Waals surface area contributed by atoms with Crippen LogP contribution in [0.5, 0.6) is 0 Å². The van der Waals surface area contributed by atoms with Crippen LogP contribution in [0.4, 0.5) is 10.6 Å². The first-order chi connectivity index (χ1) is 29.1. The Morgan fingerprint density at radius 3 is 2.20 bits per heavy atom. The number of ether oxygens (including phenoxy) is 3. The molecule has 0 bridgehead atoms. The van der Waals surface area contributed by atoms with Gasteiger partial charge in [-0.2, -0.15) is 4.80 Å². The molecule has 2 aliphatic rings. The number of imidazole rings is 1. The summed E-state index contributed by atoms with van der Waals surface area (Å²) in [6, 6.07) is 20.9. The number of hydrogen-bond donors (Lipinski definition) is 3. The summed E-state index contributed by atoms with van der Waals surface area (Å²) in [6.07, 6.45) is 1.92. The zero-order chi connectivity index (χ0) is 42.2. The van der Waals surface area contributed by atoms with Gasteiger partial charge in [-0.15, -0.1) is 10.2 Å². The lowest BCUT2D eigenvalue weighted by Gasteiger charge is -2.32. The van der Waals surface area contributed by atoms with Gasteiger partial charge < -0.3 is 30.2 Å². The Hall–Kier alpha value is -6.01. The van der Waals surface area contributed by atoms with Gasteiger partial charge in [-0.05, 0) is 50.0 Å². The smallest absolute Gasteiger partial charge is 0.315 e. The molecule has 0 unspecified atom stereocenters. The Bertz CT molecular complexity index is 2170. The van der Waals surface area contributed by atoms with Crippen LogP contribution in [0.25, 0.3) is 11.2 Å². The molecule has 18 nitrogen and oxygen atoms in total. The van der Waals surface area contributed by atoms with Gasteiger partial charge in [0, 0.05) is 51.5 Å². The third-order valence-electron chi connectivity index (χ3n) is 10.9. The van der Waals surface area contributed by atoms with Gasteiger partial charge in [-0.3, -0.25) is 19.1 Å². The highest BCUT2D eigenvalue weighted by Gasteiger charge is 2.53. The summed E-state index contributed by atoms with van der Waals surface area (Å²) in [5.41, 5.74) is 2.93. The Morgan fingerprint density at radius 1 is 0.917 bits per heavy atom. The molecule has 3 aromatic heterocycles. The molecule has 2 aromatic carbocycles. The third-order valence-corrected chi connectivity index (χ3v) is 10.9. The molecule has 5 aromatic rings. The number of carbonyl (C=O) groups excluding carboxylic acids is 3. The maximum atomic E-state index is 13.2. The number of tetrazole rings is 1. The molecule has 1 aliphatic carbocycles. The number of amides is 2. The number of esters is 2. The molecule has 7 rings (SSSR count). The van der Waals surface area contributed by atoms with E-state index in [-0.39, 0.29) is 30.1 Å². The Balaban J connectivity index is 1.20. The number of nitrogens with one attached hydrogen (secondary N) is 3. The summed E-state index contributed by atoms with van der Waals surface area (Å²) >= 11 is 0. The van der Waals surface area contributed by atoms with Crippen molar-refractivity contribution in [3.05, 3.63) is 89.8 Å². The molecule has 0 spiro atoms. The van der Waals surface area contributed by atoms with E-state index >= 15 is 0 Å². The van der Waals surface area contributed by atoms with Crippen LogP contribution < -0.4 is 16.0 Å². The monoisotopic (exact) mass is 822 g/mol. The number of hydrogen-bond acceptors (Lipinski definition) is 14. The van der Waals surface area contributed by atoms with Crippen molar-refractivity contribution in [2.24, 2.45) is 0 Å². The quantitative estimate of drug-likeness (QED) is 0.109. The minimum Gasteiger partial charge on any atom is -0.455 e. The number of anilines is 1. The largest absolute Gasteiger partial charge is 0.455 e. The third kappa shape index (κ3) is 9.88. The predicted molar refractivity (Wildman–Crippen MR) is 220 cm³/mol. The zero-order valence-electron chi connectivity index (χ0n) is 34.7. The SMILES string of the molecule is CCn1nnc([C@H]2O[C@@H](n3cnc4c(NCC(c5ccccc5)c5ccccc5)nc(CNC(=O)NCCN(C(C)C)C5CCCC5)nc43)[C@H](OC(C)=O)[C@H]2OC(C)=O)n1.